The van der Waals surface area contributed by atoms with Gasteiger partial charge in [0.15, 0.2) is 0 Å². The molecule has 0 fully saturated rings. The maximum atomic E-state index is 11.2. The SMILES string of the molecule is CC(C)Cn1nnnc1SCCC(=O)NC(N)=O. The van der Waals surface area contributed by atoms with Crippen LogP contribution in [-0.4, -0.2) is 37.9 Å². The molecule has 0 bridgehead atoms. The minimum absolute atomic E-state index is 0.183. The largest absolute Gasteiger partial charge is 0.351 e. The molecular formula is C9H16N6O2S. The normalized spacial score (nSPS) is 10.6. The van der Waals surface area contributed by atoms with Gasteiger partial charge in [-0.2, -0.15) is 0 Å². The summed E-state index contributed by atoms with van der Waals surface area (Å²) < 4.78 is 1.70. The van der Waals surface area contributed by atoms with Crippen LogP contribution in [0.4, 0.5) is 4.79 Å². The summed E-state index contributed by atoms with van der Waals surface area (Å²) in [6.07, 6.45) is 0.183. The van der Waals surface area contributed by atoms with Gasteiger partial charge in [0, 0.05) is 18.7 Å². The molecule has 1 heterocycles. The molecule has 1 aromatic rings. The first-order valence-corrected chi connectivity index (χ1v) is 6.46. The Hall–Kier alpha value is -1.64. The molecule has 8 nitrogen and oxygen atoms in total. The van der Waals surface area contributed by atoms with Crippen LogP contribution < -0.4 is 11.1 Å². The fourth-order valence-corrected chi connectivity index (χ4v) is 2.02. The lowest BCUT2D eigenvalue weighted by Gasteiger charge is -2.06. The van der Waals surface area contributed by atoms with Crippen LogP contribution in [0, 0.1) is 5.92 Å². The van der Waals surface area contributed by atoms with Gasteiger partial charge in [0.05, 0.1) is 0 Å². The predicted molar refractivity (Wildman–Crippen MR) is 65.7 cm³/mol. The number of imide groups is 1. The summed E-state index contributed by atoms with van der Waals surface area (Å²) in [5.74, 6) is 0.515. The van der Waals surface area contributed by atoms with E-state index in [-0.39, 0.29) is 6.42 Å². The Labute approximate surface area is 109 Å². The molecule has 0 aliphatic rings. The van der Waals surface area contributed by atoms with E-state index in [1.165, 1.54) is 11.8 Å². The molecule has 18 heavy (non-hydrogen) atoms. The van der Waals surface area contributed by atoms with Gasteiger partial charge in [0.1, 0.15) is 0 Å². The summed E-state index contributed by atoms with van der Waals surface area (Å²) in [5.41, 5.74) is 4.82. The number of hydrogen-bond donors (Lipinski definition) is 2. The van der Waals surface area contributed by atoms with Crippen LogP contribution in [-0.2, 0) is 11.3 Å². The molecule has 0 saturated carbocycles. The summed E-state index contributed by atoms with van der Waals surface area (Å²) in [6.45, 7) is 4.86. The number of aromatic nitrogens is 4. The van der Waals surface area contributed by atoms with Gasteiger partial charge in [-0.3, -0.25) is 10.1 Å². The minimum Gasteiger partial charge on any atom is -0.351 e. The van der Waals surface area contributed by atoms with Crippen LogP contribution in [0.1, 0.15) is 20.3 Å². The lowest BCUT2D eigenvalue weighted by Crippen LogP contribution is -2.35. The quantitative estimate of drug-likeness (QED) is 0.704. The van der Waals surface area contributed by atoms with E-state index in [0.717, 1.165) is 6.54 Å². The molecule has 3 N–H and O–H groups in total. The number of thioether (sulfide) groups is 1. The highest BCUT2D eigenvalue weighted by atomic mass is 32.2. The maximum Gasteiger partial charge on any atom is 0.318 e. The van der Waals surface area contributed by atoms with Gasteiger partial charge in [0.25, 0.3) is 0 Å². The van der Waals surface area contributed by atoms with Crippen molar-refractivity contribution in [2.45, 2.75) is 32.0 Å². The zero-order chi connectivity index (χ0) is 13.5. The van der Waals surface area contributed by atoms with Gasteiger partial charge >= 0.3 is 6.03 Å². The Kier molecular flexibility index (Phi) is 5.56. The molecule has 9 heteroatoms. The van der Waals surface area contributed by atoms with Gasteiger partial charge in [0.2, 0.25) is 11.1 Å². The third kappa shape index (κ3) is 5.13. The van der Waals surface area contributed by atoms with Crippen molar-refractivity contribution in [1.29, 1.82) is 0 Å². The molecule has 100 valence electrons. The van der Waals surface area contributed by atoms with Crippen LogP contribution in [0.3, 0.4) is 0 Å². The standard InChI is InChI=1S/C9H16N6O2S/c1-6(2)5-15-9(12-13-14-15)18-4-3-7(16)11-8(10)17/h6H,3-5H2,1-2H3,(H3,10,11,16,17). The second kappa shape index (κ2) is 6.94. The number of urea groups is 1. The zero-order valence-electron chi connectivity index (χ0n) is 10.3. The first-order chi connectivity index (χ1) is 8.49. The summed E-state index contributed by atoms with van der Waals surface area (Å²) >= 11 is 1.37. The van der Waals surface area contributed by atoms with E-state index in [9.17, 15) is 9.59 Å². The number of carbonyl (C=O) groups excluding carboxylic acids is 2. The lowest BCUT2D eigenvalue weighted by molar-refractivity contribution is -0.119. The van der Waals surface area contributed by atoms with Gasteiger partial charge in [-0.1, -0.05) is 25.6 Å². The summed E-state index contributed by atoms with van der Waals surface area (Å²) in [5, 5.41) is 14.0. The Bertz CT molecular complexity index is 419. The Morgan fingerprint density at radius 2 is 2.22 bits per heavy atom. The molecule has 0 radical (unpaired) electrons. The second-order valence-electron chi connectivity index (χ2n) is 4.05. The predicted octanol–water partition coefficient (Wildman–Crippen LogP) is 0.00620. The smallest absolute Gasteiger partial charge is 0.318 e. The highest BCUT2D eigenvalue weighted by Crippen LogP contribution is 2.15. The van der Waals surface area contributed by atoms with Crippen molar-refractivity contribution in [3.05, 3.63) is 0 Å². The number of tetrazole rings is 1. The highest BCUT2D eigenvalue weighted by Gasteiger charge is 2.10. The molecule has 3 amide bonds. The van der Waals surface area contributed by atoms with Crippen molar-refractivity contribution in [3.8, 4) is 0 Å². The molecule has 0 unspecified atom stereocenters. The van der Waals surface area contributed by atoms with Crippen molar-refractivity contribution in [3.63, 3.8) is 0 Å². The van der Waals surface area contributed by atoms with Crippen LogP contribution in [0.2, 0.25) is 0 Å². The summed E-state index contributed by atoms with van der Waals surface area (Å²) in [6, 6.07) is -0.838. The van der Waals surface area contributed by atoms with E-state index in [2.05, 4.69) is 29.4 Å². The number of primary amides is 1. The summed E-state index contributed by atoms with van der Waals surface area (Å²) in [7, 11) is 0. The van der Waals surface area contributed by atoms with E-state index in [4.69, 9.17) is 5.73 Å². The molecule has 1 rings (SSSR count). The van der Waals surface area contributed by atoms with Crippen LogP contribution in [0.25, 0.3) is 0 Å². The minimum atomic E-state index is -0.838. The number of rotatable bonds is 6. The first-order valence-electron chi connectivity index (χ1n) is 5.47. The Morgan fingerprint density at radius 1 is 1.50 bits per heavy atom. The molecular weight excluding hydrogens is 256 g/mol. The molecule has 0 aliphatic heterocycles. The average molecular weight is 272 g/mol. The number of nitrogens with two attached hydrogens (primary N) is 1. The zero-order valence-corrected chi connectivity index (χ0v) is 11.1. The van der Waals surface area contributed by atoms with Crippen molar-refractivity contribution >= 4 is 23.7 Å². The van der Waals surface area contributed by atoms with Crippen molar-refractivity contribution in [1.82, 2.24) is 25.5 Å². The van der Waals surface area contributed by atoms with Crippen molar-refractivity contribution < 1.29 is 9.59 Å². The number of nitrogens with one attached hydrogen (secondary N) is 1. The number of nitrogens with zero attached hydrogens (tertiary/aromatic N) is 4. The van der Waals surface area contributed by atoms with E-state index in [1.54, 1.807) is 4.68 Å². The fourth-order valence-electron chi connectivity index (χ4n) is 1.20. The van der Waals surface area contributed by atoms with Crippen LogP contribution in [0.15, 0.2) is 5.16 Å². The molecule has 0 aliphatic carbocycles. The van der Waals surface area contributed by atoms with Crippen molar-refractivity contribution in [2.75, 3.05) is 5.75 Å². The van der Waals surface area contributed by atoms with E-state index >= 15 is 0 Å². The fraction of sp³-hybridized carbons (Fsp3) is 0.667. The van der Waals surface area contributed by atoms with Crippen molar-refractivity contribution in [2.24, 2.45) is 11.7 Å². The lowest BCUT2D eigenvalue weighted by atomic mass is 10.2. The number of amides is 3. The molecule has 0 atom stereocenters. The Morgan fingerprint density at radius 3 is 2.83 bits per heavy atom. The first kappa shape index (κ1) is 14.4. The molecule has 0 aromatic carbocycles. The molecule has 1 aromatic heterocycles. The van der Waals surface area contributed by atoms with Crippen LogP contribution in [0.5, 0.6) is 0 Å². The molecule has 0 spiro atoms. The van der Waals surface area contributed by atoms with Gasteiger partial charge in [-0.15, -0.1) is 5.10 Å². The third-order valence-corrected chi connectivity index (χ3v) is 2.82. The van der Waals surface area contributed by atoms with E-state index in [1.807, 2.05) is 5.32 Å². The third-order valence-electron chi connectivity index (χ3n) is 1.86. The van der Waals surface area contributed by atoms with Gasteiger partial charge < -0.3 is 5.73 Å². The van der Waals surface area contributed by atoms with Gasteiger partial charge in [-0.05, 0) is 16.3 Å². The second-order valence-corrected chi connectivity index (χ2v) is 5.11. The molecule has 0 saturated heterocycles. The number of carbonyl (C=O) groups is 2. The average Bonchev–Trinajstić information content (AvgIpc) is 2.63. The summed E-state index contributed by atoms with van der Waals surface area (Å²) in [4.78, 5) is 21.6. The van der Waals surface area contributed by atoms with E-state index in [0.29, 0.717) is 16.8 Å². The Balaban J connectivity index is 2.37. The van der Waals surface area contributed by atoms with Crippen LogP contribution >= 0.6 is 11.8 Å². The maximum absolute atomic E-state index is 11.2. The van der Waals surface area contributed by atoms with E-state index < -0.39 is 11.9 Å². The number of hydrogen-bond acceptors (Lipinski definition) is 6. The monoisotopic (exact) mass is 272 g/mol. The topological polar surface area (TPSA) is 116 Å². The highest BCUT2D eigenvalue weighted by molar-refractivity contribution is 7.99. The van der Waals surface area contributed by atoms with Gasteiger partial charge in [-0.25, -0.2) is 9.48 Å².